The zero-order chi connectivity index (χ0) is 14.5. The predicted octanol–water partition coefficient (Wildman–Crippen LogP) is 3.55. The Kier molecular flexibility index (Phi) is 4.98. The summed E-state index contributed by atoms with van der Waals surface area (Å²) in [5, 5.41) is 10.0. The Morgan fingerprint density at radius 3 is 1.40 bits per heavy atom. The molecular weight excluding hydrogens is 331 g/mol. The second kappa shape index (κ2) is 6.36. The first kappa shape index (κ1) is 15.7. The van der Waals surface area contributed by atoms with Crippen LogP contribution in [0.25, 0.3) is 0 Å². The molecule has 0 aliphatic heterocycles. The van der Waals surface area contributed by atoms with E-state index in [1.807, 2.05) is 0 Å². The molecule has 2 nitrogen and oxygen atoms in total. The molecule has 2 N–H and O–H groups in total. The topological polar surface area (TPSA) is 24.1 Å². The van der Waals surface area contributed by atoms with Crippen molar-refractivity contribution in [2.24, 2.45) is 0 Å². The summed E-state index contributed by atoms with van der Waals surface area (Å²) in [6.45, 7) is 6.07. The second-order valence-corrected chi connectivity index (χ2v) is 12.6. The summed E-state index contributed by atoms with van der Waals surface area (Å²) in [4.78, 5) is 0. The van der Waals surface area contributed by atoms with Crippen LogP contribution in [0.1, 0.15) is 13.8 Å². The molecule has 0 aliphatic carbocycles. The molecule has 0 radical (unpaired) electrons. The van der Waals surface area contributed by atoms with Gasteiger partial charge >= 0.3 is 129 Å². The summed E-state index contributed by atoms with van der Waals surface area (Å²) in [6.07, 6.45) is 0. The van der Waals surface area contributed by atoms with Gasteiger partial charge in [-0.2, -0.15) is 0 Å². The van der Waals surface area contributed by atoms with Crippen molar-refractivity contribution >= 4 is 31.7 Å². The van der Waals surface area contributed by atoms with Gasteiger partial charge in [0.05, 0.1) is 0 Å². The van der Waals surface area contributed by atoms with Crippen LogP contribution >= 0.6 is 21.1 Å². The first-order valence-electron chi connectivity index (χ1n) is 7.01. The Morgan fingerprint density at radius 2 is 1.10 bits per heavy atom. The normalized spacial score (nSPS) is 13.7. The number of hydrogen-bond donors (Lipinski definition) is 2. The van der Waals surface area contributed by atoms with E-state index >= 15 is 0 Å². The molecule has 2 aromatic carbocycles. The van der Waals surface area contributed by atoms with E-state index in [0.717, 1.165) is 13.1 Å². The average Bonchev–Trinajstić information content (AvgIpc) is 2.50. The number of rotatable bonds is 6. The van der Waals surface area contributed by atoms with Crippen molar-refractivity contribution in [2.75, 3.05) is 13.1 Å². The summed E-state index contributed by atoms with van der Waals surface area (Å²) in [6, 6.07) is 21.2. The number of benzene rings is 2. The van der Waals surface area contributed by atoms with Crippen LogP contribution < -0.4 is 20.8 Å². The standard InChI is InChI=1S/C16H22BrN2P/c1-3-18-20(17,19-4-2,15-11-7-5-8-12-15)16-13-9-6-10-14-16/h5-14,18-19H,3-4H2,1-2H3. The van der Waals surface area contributed by atoms with Crippen LogP contribution in [0.4, 0.5) is 0 Å². The molecule has 0 saturated heterocycles. The Balaban J connectivity index is 2.70. The average molecular weight is 353 g/mol. The monoisotopic (exact) mass is 352 g/mol. The SMILES string of the molecule is CCNP(Br)(NCC)(c1ccccc1)c1ccccc1. The van der Waals surface area contributed by atoms with Crippen molar-refractivity contribution in [2.45, 2.75) is 13.8 Å². The van der Waals surface area contributed by atoms with Crippen LogP contribution in [0, 0.1) is 0 Å². The van der Waals surface area contributed by atoms with Gasteiger partial charge in [0, 0.05) is 0 Å². The van der Waals surface area contributed by atoms with Gasteiger partial charge in [0.25, 0.3) is 0 Å². The molecule has 4 heteroatoms. The zero-order valence-corrected chi connectivity index (χ0v) is 14.5. The van der Waals surface area contributed by atoms with E-state index in [2.05, 4.69) is 100 Å². The molecule has 0 bridgehead atoms. The van der Waals surface area contributed by atoms with Gasteiger partial charge in [0.1, 0.15) is 0 Å². The van der Waals surface area contributed by atoms with Crippen LogP contribution in [-0.4, -0.2) is 13.1 Å². The first-order valence-corrected chi connectivity index (χ1v) is 11.3. The van der Waals surface area contributed by atoms with E-state index in [0.29, 0.717) is 0 Å². The molecule has 0 spiro atoms. The molecular formula is C16H22BrN2P. The third kappa shape index (κ3) is 2.68. The van der Waals surface area contributed by atoms with Gasteiger partial charge < -0.3 is 0 Å². The van der Waals surface area contributed by atoms with Gasteiger partial charge in [-0.05, 0) is 0 Å². The molecule has 2 rings (SSSR count). The maximum absolute atomic E-state index is 4.14. The summed E-state index contributed by atoms with van der Waals surface area (Å²) in [5.41, 5.74) is -2.73. The van der Waals surface area contributed by atoms with Crippen LogP contribution in [-0.2, 0) is 0 Å². The molecule has 20 heavy (non-hydrogen) atoms. The fraction of sp³-hybridized carbons (Fsp3) is 0.250. The van der Waals surface area contributed by atoms with Crippen molar-refractivity contribution in [1.29, 1.82) is 0 Å². The van der Waals surface area contributed by atoms with Gasteiger partial charge in [-0.15, -0.1) is 0 Å². The second-order valence-electron chi connectivity index (χ2n) is 4.70. The van der Waals surface area contributed by atoms with Crippen molar-refractivity contribution in [1.82, 2.24) is 10.2 Å². The van der Waals surface area contributed by atoms with Crippen molar-refractivity contribution in [3.8, 4) is 0 Å². The molecule has 108 valence electrons. The summed E-state index contributed by atoms with van der Waals surface area (Å²) in [7, 11) is 0. The molecule has 0 heterocycles. The molecule has 0 aromatic heterocycles. The van der Waals surface area contributed by atoms with Crippen molar-refractivity contribution in [3.63, 3.8) is 0 Å². The first-order chi connectivity index (χ1) is 9.64. The predicted molar refractivity (Wildman–Crippen MR) is 95.4 cm³/mol. The molecule has 0 unspecified atom stereocenters. The third-order valence-electron chi connectivity index (χ3n) is 3.39. The number of hydrogen-bond acceptors (Lipinski definition) is 2. The summed E-state index contributed by atoms with van der Waals surface area (Å²) < 4.78 is 0. The molecule has 0 saturated carbocycles. The van der Waals surface area contributed by atoms with Gasteiger partial charge in [0.15, 0.2) is 0 Å². The Labute approximate surface area is 129 Å². The third-order valence-corrected chi connectivity index (χ3v) is 11.7. The van der Waals surface area contributed by atoms with E-state index in [1.54, 1.807) is 0 Å². The number of halogens is 1. The van der Waals surface area contributed by atoms with Gasteiger partial charge in [-0.1, -0.05) is 0 Å². The van der Waals surface area contributed by atoms with E-state index in [4.69, 9.17) is 0 Å². The van der Waals surface area contributed by atoms with Crippen molar-refractivity contribution in [3.05, 3.63) is 60.7 Å². The fourth-order valence-electron chi connectivity index (χ4n) is 2.58. The van der Waals surface area contributed by atoms with Gasteiger partial charge in [-0.25, -0.2) is 0 Å². The molecule has 2 aromatic rings. The summed E-state index contributed by atoms with van der Waals surface area (Å²) in [5.74, 6) is 0. The van der Waals surface area contributed by atoms with Crippen LogP contribution in [0.2, 0.25) is 0 Å². The summed E-state index contributed by atoms with van der Waals surface area (Å²) >= 11 is 4.14. The Morgan fingerprint density at radius 1 is 0.750 bits per heavy atom. The van der Waals surface area contributed by atoms with Crippen LogP contribution in [0.5, 0.6) is 0 Å². The Bertz CT molecular complexity index is 495. The van der Waals surface area contributed by atoms with Crippen molar-refractivity contribution < 1.29 is 0 Å². The van der Waals surface area contributed by atoms with E-state index in [9.17, 15) is 0 Å². The quantitative estimate of drug-likeness (QED) is 0.777. The van der Waals surface area contributed by atoms with Crippen LogP contribution in [0.3, 0.4) is 0 Å². The van der Waals surface area contributed by atoms with E-state index in [1.165, 1.54) is 10.6 Å². The van der Waals surface area contributed by atoms with Gasteiger partial charge in [0.2, 0.25) is 0 Å². The van der Waals surface area contributed by atoms with Gasteiger partial charge in [-0.3, -0.25) is 0 Å². The Hall–Kier alpha value is -0.730. The van der Waals surface area contributed by atoms with E-state index in [-0.39, 0.29) is 0 Å². The maximum atomic E-state index is 4.14. The molecule has 0 aliphatic rings. The fourth-order valence-corrected chi connectivity index (χ4v) is 9.30. The number of nitrogens with one attached hydrogen (secondary N) is 2. The minimum atomic E-state index is -2.73. The molecule has 0 amide bonds. The van der Waals surface area contributed by atoms with E-state index < -0.39 is 5.61 Å². The molecule has 0 fully saturated rings. The minimum absolute atomic E-state index is 0.889. The van der Waals surface area contributed by atoms with Crippen LogP contribution in [0.15, 0.2) is 60.7 Å². The zero-order valence-electron chi connectivity index (χ0n) is 12.0. The molecule has 0 atom stereocenters.